The van der Waals surface area contributed by atoms with Gasteiger partial charge in [0.05, 0.1) is 18.3 Å². The van der Waals surface area contributed by atoms with Gasteiger partial charge in [-0.15, -0.1) is 0 Å². The molecule has 0 radical (unpaired) electrons. The number of carbonyl (C=O) groups excluding carboxylic acids is 1. The monoisotopic (exact) mass is 311 g/mol. The molecule has 7 heteroatoms. The maximum Gasteiger partial charge on any atom is 0.327 e. The molecule has 1 aromatic carbocycles. The fourth-order valence-electron chi connectivity index (χ4n) is 1.91. The maximum atomic E-state index is 13.6. The van der Waals surface area contributed by atoms with Crippen molar-refractivity contribution in [2.24, 2.45) is 0 Å². The molecule has 1 heterocycles. The van der Waals surface area contributed by atoms with Crippen LogP contribution in [0.2, 0.25) is 5.02 Å². The zero-order valence-electron chi connectivity index (χ0n) is 11.6. The van der Waals surface area contributed by atoms with Crippen LogP contribution in [0.1, 0.15) is 22.9 Å². The van der Waals surface area contributed by atoms with E-state index in [2.05, 4.69) is 15.5 Å². The highest BCUT2D eigenvalue weighted by molar-refractivity contribution is 6.30. The van der Waals surface area contributed by atoms with E-state index in [4.69, 9.17) is 16.3 Å². The average molecular weight is 312 g/mol. The van der Waals surface area contributed by atoms with Crippen LogP contribution in [0.4, 0.5) is 4.39 Å². The third kappa shape index (κ3) is 3.59. The number of hydrogen-bond acceptors (Lipinski definition) is 4. The Morgan fingerprint density at radius 1 is 1.57 bits per heavy atom. The maximum absolute atomic E-state index is 13.6. The molecule has 0 unspecified atom stereocenters. The Balaban J connectivity index is 2.20. The molecule has 0 aliphatic carbocycles. The fourth-order valence-corrected chi connectivity index (χ4v) is 2.03. The standard InChI is InChI=1S/C14H15ClFN3O2/c1-8-10(7-18-19-8)6-17-13(14(20)21-2)9-3-4-11(15)12(16)5-9/h3-5,7,13,17H,6H2,1-2H3,(H,18,19)/t13-/m1/s1. The highest BCUT2D eigenvalue weighted by atomic mass is 35.5. The van der Waals surface area contributed by atoms with Crippen molar-refractivity contribution >= 4 is 17.6 Å². The van der Waals surface area contributed by atoms with Crippen LogP contribution < -0.4 is 5.32 Å². The van der Waals surface area contributed by atoms with Crippen molar-refractivity contribution in [3.8, 4) is 0 Å². The highest BCUT2D eigenvalue weighted by Crippen LogP contribution is 2.21. The number of carbonyl (C=O) groups is 1. The summed E-state index contributed by atoms with van der Waals surface area (Å²) >= 11 is 5.65. The lowest BCUT2D eigenvalue weighted by Crippen LogP contribution is -2.29. The Morgan fingerprint density at radius 3 is 2.90 bits per heavy atom. The highest BCUT2D eigenvalue weighted by Gasteiger charge is 2.22. The van der Waals surface area contributed by atoms with Crippen molar-refractivity contribution in [1.82, 2.24) is 15.5 Å². The predicted octanol–water partition coefficient (Wildman–Crippen LogP) is 2.51. The van der Waals surface area contributed by atoms with Gasteiger partial charge in [0.15, 0.2) is 0 Å². The average Bonchev–Trinajstić information content (AvgIpc) is 2.88. The van der Waals surface area contributed by atoms with E-state index in [1.165, 1.54) is 19.2 Å². The van der Waals surface area contributed by atoms with Gasteiger partial charge in [-0.1, -0.05) is 17.7 Å². The van der Waals surface area contributed by atoms with Gasteiger partial charge in [0, 0.05) is 17.8 Å². The number of rotatable bonds is 5. The van der Waals surface area contributed by atoms with Crippen molar-refractivity contribution in [3.05, 3.63) is 52.1 Å². The van der Waals surface area contributed by atoms with Gasteiger partial charge >= 0.3 is 5.97 Å². The lowest BCUT2D eigenvalue weighted by molar-refractivity contribution is -0.143. The van der Waals surface area contributed by atoms with E-state index in [0.717, 1.165) is 11.3 Å². The zero-order chi connectivity index (χ0) is 15.4. The lowest BCUT2D eigenvalue weighted by Gasteiger charge is -2.17. The normalized spacial score (nSPS) is 12.2. The summed E-state index contributed by atoms with van der Waals surface area (Å²) in [6.07, 6.45) is 1.67. The number of esters is 1. The minimum absolute atomic E-state index is 0.00745. The third-order valence-corrected chi connectivity index (χ3v) is 3.45. The minimum Gasteiger partial charge on any atom is -0.468 e. The number of aromatic amines is 1. The molecule has 0 aliphatic rings. The van der Waals surface area contributed by atoms with Crippen LogP contribution in [0.5, 0.6) is 0 Å². The summed E-state index contributed by atoms with van der Waals surface area (Å²) in [4.78, 5) is 11.9. The van der Waals surface area contributed by atoms with Crippen molar-refractivity contribution in [2.45, 2.75) is 19.5 Å². The summed E-state index contributed by atoms with van der Waals surface area (Å²) in [6.45, 7) is 2.27. The van der Waals surface area contributed by atoms with Crippen molar-refractivity contribution in [3.63, 3.8) is 0 Å². The van der Waals surface area contributed by atoms with E-state index in [1.54, 1.807) is 12.3 Å². The van der Waals surface area contributed by atoms with Crippen molar-refractivity contribution in [1.29, 1.82) is 0 Å². The molecule has 2 N–H and O–H groups in total. The topological polar surface area (TPSA) is 67.0 Å². The van der Waals surface area contributed by atoms with Crippen LogP contribution in [0.3, 0.4) is 0 Å². The largest absolute Gasteiger partial charge is 0.468 e. The predicted molar refractivity (Wildman–Crippen MR) is 76.3 cm³/mol. The third-order valence-electron chi connectivity index (χ3n) is 3.14. The number of nitrogens with zero attached hydrogens (tertiary/aromatic N) is 1. The molecular weight excluding hydrogens is 297 g/mol. The van der Waals surface area contributed by atoms with Crippen LogP contribution >= 0.6 is 11.6 Å². The van der Waals surface area contributed by atoms with E-state index in [0.29, 0.717) is 12.1 Å². The SMILES string of the molecule is COC(=O)[C@H](NCc1cn[nH]c1C)c1ccc(Cl)c(F)c1. The van der Waals surface area contributed by atoms with Gasteiger partial charge in [0.25, 0.3) is 0 Å². The molecule has 0 spiro atoms. The second-order valence-electron chi connectivity index (χ2n) is 4.53. The van der Waals surface area contributed by atoms with Crippen molar-refractivity contribution in [2.75, 3.05) is 7.11 Å². The number of hydrogen-bond donors (Lipinski definition) is 2. The van der Waals surface area contributed by atoms with Gasteiger partial charge in [-0.05, 0) is 24.6 Å². The number of aromatic nitrogens is 2. The Hall–Kier alpha value is -1.92. The molecule has 2 aromatic rings. The van der Waals surface area contributed by atoms with E-state index in [9.17, 15) is 9.18 Å². The first-order valence-corrected chi connectivity index (χ1v) is 6.65. The van der Waals surface area contributed by atoms with Gasteiger partial charge in [-0.25, -0.2) is 9.18 Å². The summed E-state index contributed by atoms with van der Waals surface area (Å²) in [6, 6.07) is 3.44. The first-order chi connectivity index (χ1) is 10.0. The van der Waals surface area contributed by atoms with Crippen LogP contribution in [0, 0.1) is 12.7 Å². The van der Waals surface area contributed by atoms with E-state index in [-0.39, 0.29) is 5.02 Å². The molecule has 1 aromatic heterocycles. The van der Waals surface area contributed by atoms with Crippen LogP contribution in [-0.4, -0.2) is 23.3 Å². The van der Waals surface area contributed by atoms with Gasteiger partial charge in [-0.3, -0.25) is 10.4 Å². The summed E-state index contributed by atoms with van der Waals surface area (Å²) in [5.41, 5.74) is 2.26. The quantitative estimate of drug-likeness (QED) is 0.833. The van der Waals surface area contributed by atoms with Gasteiger partial charge < -0.3 is 4.74 Å². The first kappa shape index (κ1) is 15.5. The van der Waals surface area contributed by atoms with Gasteiger partial charge in [0.1, 0.15) is 11.9 Å². The molecule has 0 fully saturated rings. The zero-order valence-corrected chi connectivity index (χ0v) is 12.4. The molecule has 21 heavy (non-hydrogen) atoms. The molecule has 5 nitrogen and oxygen atoms in total. The summed E-state index contributed by atoms with van der Waals surface area (Å²) < 4.78 is 18.3. The molecule has 0 aliphatic heterocycles. The molecular formula is C14H15ClFN3O2. The summed E-state index contributed by atoms with van der Waals surface area (Å²) in [7, 11) is 1.28. The Bertz CT molecular complexity index is 645. The molecule has 1 atom stereocenters. The van der Waals surface area contributed by atoms with Gasteiger partial charge in [0.2, 0.25) is 0 Å². The first-order valence-electron chi connectivity index (χ1n) is 6.28. The summed E-state index contributed by atoms with van der Waals surface area (Å²) in [5, 5.41) is 9.75. The van der Waals surface area contributed by atoms with Crippen LogP contribution in [0.25, 0.3) is 0 Å². The molecule has 112 valence electrons. The lowest BCUT2D eigenvalue weighted by atomic mass is 10.1. The number of ether oxygens (including phenoxy) is 1. The second kappa shape index (κ2) is 6.69. The van der Waals surface area contributed by atoms with E-state index >= 15 is 0 Å². The number of benzene rings is 1. The molecule has 0 saturated carbocycles. The fraction of sp³-hybridized carbons (Fsp3) is 0.286. The number of methoxy groups -OCH3 is 1. The molecule has 2 rings (SSSR count). The summed E-state index contributed by atoms with van der Waals surface area (Å²) in [5.74, 6) is -1.08. The number of aryl methyl sites for hydroxylation is 1. The Labute approximate surface area is 126 Å². The smallest absolute Gasteiger partial charge is 0.327 e. The molecule has 0 amide bonds. The Kier molecular flexibility index (Phi) is 4.93. The van der Waals surface area contributed by atoms with Crippen molar-refractivity contribution < 1.29 is 13.9 Å². The second-order valence-corrected chi connectivity index (χ2v) is 4.94. The molecule has 0 saturated heterocycles. The van der Waals surface area contributed by atoms with Crippen LogP contribution in [-0.2, 0) is 16.1 Å². The van der Waals surface area contributed by atoms with Gasteiger partial charge in [-0.2, -0.15) is 5.10 Å². The van der Waals surface area contributed by atoms with Crippen LogP contribution in [0.15, 0.2) is 24.4 Å². The number of nitrogens with one attached hydrogen (secondary N) is 2. The molecule has 0 bridgehead atoms. The van der Waals surface area contributed by atoms with E-state index in [1.807, 2.05) is 6.92 Å². The van der Waals surface area contributed by atoms with E-state index < -0.39 is 17.8 Å². The number of halogens is 2. The Morgan fingerprint density at radius 2 is 2.33 bits per heavy atom. The number of H-pyrrole nitrogens is 1. The minimum atomic E-state index is -0.781.